The number of benzene rings is 2. The van der Waals surface area contributed by atoms with Crippen molar-refractivity contribution in [3.05, 3.63) is 75.3 Å². The Morgan fingerprint density at radius 1 is 1.26 bits per heavy atom. The van der Waals surface area contributed by atoms with Crippen molar-refractivity contribution >= 4 is 29.0 Å². The lowest BCUT2D eigenvalue weighted by Crippen LogP contribution is -2.39. The Morgan fingerprint density at radius 2 is 1.94 bits per heavy atom. The minimum atomic E-state index is -0.729. The minimum Gasteiger partial charge on any atom is -0.503 e. The van der Waals surface area contributed by atoms with Gasteiger partial charge in [0.1, 0.15) is 5.82 Å². The number of nitrogens with one attached hydrogen (secondary N) is 2. The molecular weight excluding hydrogens is 471 g/mol. The van der Waals surface area contributed by atoms with E-state index in [4.69, 9.17) is 16.3 Å². The molecule has 0 fully saturated rings. The molecule has 0 saturated heterocycles. The fourth-order valence-corrected chi connectivity index (χ4v) is 5.05. The molecule has 184 valence electrons. The number of amides is 1. The van der Waals surface area contributed by atoms with Crippen molar-refractivity contribution in [2.24, 2.45) is 5.41 Å². The van der Waals surface area contributed by atoms with Crippen LogP contribution in [0.25, 0.3) is 0 Å². The van der Waals surface area contributed by atoms with Gasteiger partial charge in [-0.1, -0.05) is 25.4 Å². The molecule has 8 heteroatoms. The molecule has 2 aromatic rings. The summed E-state index contributed by atoms with van der Waals surface area (Å²) in [6.45, 7) is 7.93. The maximum atomic E-state index is 13.6. The van der Waals surface area contributed by atoms with Crippen molar-refractivity contribution in [1.29, 1.82) is 0 Å². The van der Waals surface area contributed by atoms with Gasteiger partial charge in [-0.25, -0.2) is 4.39 Å². The molecule has 0 saturated carbocycles. The SMILES string of the molecule is CCOc1cc([C@H]2C(C(=O)Nc3ccc(F)cc3)=C(C)NC3=C2C(=O)CC(C)(C)C3)cc(Cl)c1O. The molecule has 0 aromatic heterocycles. The summed E-state index contributed by atoms with van der Waals surface area (Å²) in [7, 11) is 0. The van der Waals surface area contributed by atoms with Gasteiger partial charge >= 0.3 is 0 Å². The number of phenols is 1. The first-order valence-electron chi connectivity index (χ1n) is 11.5. The maximum Gasteiger partial charge on any atom is 0.254 e. The first kappa shape index (κ1) is 24.8. The number of carbonyl (C=O) groups excluding carboxylic acids is 2. The molecule has 2 aliphatic rings. The molecule has 1 amide bonds. The van der Waals surface area contributed by atoms with Crippen LogP contribution < -0.4 is 15.4 Å². The number of dihydropyridines is 1. The largest absolute Gasteiger partial charge is 0.503 e. The summed E-state index contributed by atoms with van der Waals surface area (Å²) >= 11 is 6.34. The number of rotatable bonds is 5. The van der Waals surface area contributed by atoms with Gasteiger partial charge in [-0.15, -0.1) is 0 Å². The summed E-state index contributed by atoms with van der Waals surface area (Å²) in [5.74, 6) is -1.66. The van der Waals surface area contributed by atoms with Gasteiger partial charge in [0, 0.05) is 40.6 Å². The van der Waals surface area contributed by atoms with Crippen LogP contribution in [0.15, 0.2) is 58.9 Å². The van der Waals surface area contributed by atoms with Crippen LogP contribution in [0, 0.1) is 11.2 Å². The number of Topliss-reactive ketones (excluding diaryl/α,β-unsaturated/α-hetero) is 1. The van der Waals surface area contributed by atoms with Gasteiger partial charge < -0.3 is 20.5 Å². The minimum absolute atomic E-state index is 0.0597. The molecule has 0 radical (unpaired) electrons. The van der Waals surface area contributed by atoms with Crippen LogP contribution in [0.1, 0.15) is 52.0 Å². The normalized spacial score (nSPS) is 19.3. The summed E-state index contributed by atoms with van der Waals surface area (Å²) in [6, 6.07) is 8.64. The van der Waals surface area contributed by atoms with E-state index in [2.05, 4.69) is 10.6 Å². The number of halogens is 2. The zero-order chi connectivity index (χ0) is 25.5. The second-order valence-corrected chi connectivity index (χ2v) is 10.1. The van der Waals surface area contributed by atoms with Gasteiger partial charge in [0.15, 0.2) is 17.3 Å². The summed E-state index contributed by atoms with van der Waals surface area (Å²) < 4.78 is 18.9. The molecule has 0 bridgehead atoms. The van der Waals surface area contributed by atoms with Gasteiger partial charge in [-0.05, 0) is 67.6 Å². The highest BCUT2D eigenvalue weighted by atomic mass is 35.5. The summed E-state index contributed by atoms with van der Waals surface area (Å²) in [5.41, 5.74) is 2.96. The third-order valence-corrected chi connectivity index (χ3v) is 6.56. The van der Waals surface area contributed by atoms with Crippen LogP contribution in [0.4, 0.5) is 10.1 Å². The van der Waals surface area contributed by atoms with Gasteiger partial charge in [0.2, 0.25) is 0 Å². The van der Waals surface area contributed by atoms with Crippen molar-refractivity contribution < 1.29 is 23.8 Å². The van der Waals surface area contributed by atoms with Crippen molar-refractivity contribution in [3.63, 3.8) is 0 Å². The van der Waals surface area contributed by atoms with Crippen molar-refractivity contribution in [3.8, 4) is 11.5 Å². The second kappa shape index (κ2) is 9.38. The quantitative estimate of drug-likeness (QED) is 0.483. The van der Waals surface area contributed by atoms with E-state index in [1.165, 1.54) is 24.3 Å². The zero-order valence-electron chi connectivity index (χ0n) is 20.1. The Hall–Kier alpha value is -3.32. The lowest BCUT2D eigenvalue weighted by molar-refractivity contribution is -0.118. The number of carbonyl (C=O) groups is 2. The van der Waals surface area contributed by atoms with Crippen molar-refractivity contribution in [1.82, 2.24) is 5.32 Å². The van der Waals surface area contributed by atoms with Crippen LogP contribution in [0.2, 0.25) is 5.02 Å². The molecule has 0 spiro atoms. The second-order valence-electron chi connectivity index (χ2n) is 9.67. The highest BCUT2D eigenvalue weighted by Gasteiger charge is 2.43. The molecule has 35 heavy (non-hydrogen) atoms. The van der Waals surface area contributed by atoms with Crippen LogP contribution in [-0.2, 0) is 9.59 Å². The zero-order valence-corrected chi connectivity index (χ0v) is 20.8. The molecule has 6 nitrogen and oxygen atoms in total. The molecular formula is C27H28ClFN2O4. The highest BCUT2D eigenvalue weighted by molar-refractivity contribution is 6.32. The van der Waals surface area contributed by atoms with E-state index in [-0.39, 0.29) is 27.7 Å². The Kier molecular flexibility index (Phi) is 6.64. The van der Waals surface area contributed by atoms with Crippen LogP contribution in [0.3, 0.4) is 0 Å². The first-order valence-corrected chi connectivity index (χ1v) is 11.8. The lowest BCUT2D eigenvalue weighted by Gasteiger charge is -2.39. The number of phenolic OH excluding ortho intramolecular Hbond substituents is 1. The number of anilines is 1. The standard InChI is InChI=1S/C27H28ClFN2O4/c1-5-35-21-11-15(10-18(28)25(21)33)23-22(26(34)31-17-8-6-16(29)7-9-17)14(2)30-19-12-27(3,4)13-20(32)24(19)23/h6-11,23,30,33H,5,12-13H2,1-4H3,(H,31,34)/t23-/m0/s1. The number of hydrogen-bond donors (Lipinski definition) is 3. The number of allylic oxidation sites excluding steroid dienone is 3. The number of ether oxygens (including phenoxy) is 1. The van der Waals surface area contributed by atoms with Gasteiger partial charge in [0.25, 0.3) is 5.91 Å². The fraction of sp³-hybridized carbons (Fsp3) is 0.333. The van der Waals surface area contributed by atoms with Crippen molar-refractivity contribution in [2.75, 3.05) is 11.9 Å². The average molecular weight is 499 g/mol. The molecule has 1 aliphatic heterocycles. The Balaban J connectivity index is 1.86. The smallest absolute Gasteiger partial charge is 0.254 e. The number of hydrogen-bond acceptors (Lipinski definition) is 5. The summed E-state index contributed by atoms with van der Waals surface area (Å²) in [4.78, 5) is 27.0. The number of aromatic hydroxyl groups is 1. The topological polar surface area (TPSA) is 87.7 Å². The molecule has 0 unspecified atom stereocenters. The van der Waals surface area contributed by atoms with Gasteiger partial charge in [0.05, 0.1) is 11.6 Å². The Bertz CT molecular complexity index is 1260. The molecule has 1 atom stereocenters. The highest BCUT2D eigenvalue weighted by Crippen LogP contribution is 2.49. The maximum absolute atomic E-state index is 13.6. The predicted octanol–water partition coefficient (Wildman–Crippen LogP) is 5.83. The van der Waals surface area contributed by atoms with E-state index in [9.17, 15) is 19.1 Å². The first-order chi connectivity index (χ1) is 16.5. The van der Waals surface area contributed by atoms with E-state index in [0.29, 0.717) is 47.5 Å². The molecule has 4 rings (SSSR count). The number of ketones is 1. The van der Waals surface area contributed by atoms with Gasteiger partial charge in [-0.2, -0.15) is 0 Å². The van der Waals surface area contributed by atoms with Crippen LogP contribution in [0.5, 0.6) is 11.5 Å². The predicted molar refractivity (Wildman–Crippen MR) is 133 cm³/mol. The van der Waals surface area contributed by atoms with E-state index in [0.717, 1.165) is 5.70 Å². The molecule has 3 N–H and O–H groups in total. The molecule has 1 aliphatic carbocycles. The Labute approximate surface area is 208 Å². The van der Waals surface area contributed by atoms with Crippen LogP contribution in [-0.4, -0.2) is 23.4 Å². The van der Waals surface area contributed by atoms with Crippen molar-refractivity contribution in [2.45, 2.75) is 46.5 Å². The van der Waals surface area contributed by atoms with E-state index in [1.54, 1.807) is 26.0 Å². The summed E-state index contributed by atoms with van der Waals surface area (Å²) in [5, 5.41) is 16.5. The van der Waals surface area contributed by atoms with Crippen LogP contribution >= 0.6 is 11.6 Å². The lowest BCUT2D eigenvalue weighted by atomic mass is 9.68. The Morgan fingerprint density at radius 3 is 2.60 bits per heavy atom. The van der Waals surface area contributed by atoms with E-state index < -0.39 is 17.6 Å². The van der Waals surface area contributed by atoms with Gasteiger partial charge in [-0.3, -0.25) is 9.59 Å². The third kappa shape index (κ3) is 4.91. The van der Waals surface area contributed by atoms with E-state index >= 15 is 0 Å². The average Bonchev–Trinajstić information content (AvgIpc) is 2.76. The molecule has 2 aromatic carbocycles. The van der Waals surface area contributed by atoms with E-state index in [1.807, 2.05) is 13.8 Å². The third-order valence-electron chi connectivity index (χ3n) is 6.27. The fourth-order valence-electron chi connectivity index (χ4n) is 4.83. The summed E-state index contributed by atoms with van der Waals surface area (Å²) in [6.07, 6.45) is 0.971. The monoisotopic (exact) mass is 498 g/mol. The molecule has 1 heterocycles.